The van der Waals surface area contributed by atoms with Gasteiger partial charge in [0.15, 0.2) is 0 Å². The Labute approximate surface area is 100.0 Å². The van der Waals surface area contributed by atoms with Crippen molar-refractivity contribution in [3.05, 3.63) is 12.7 Å². The predicted octanol–water partition coefficient (Wildman–Crippen LogP) is 1.45. The molecule has 0 radical (unpaired) electrons. The molecule has 3 fully saturated rings. The minimum absolute atomic E-state index is 0.0202. The van der Waals surface area contributed by atoms with Crippen molar-refractivity contribution in [2.24, 2.45) is 17.3 Å². The van der Waals surface area contributed by atoms with E-state index in [9.17, 15) is 9.59 Å². The predicted molar refractivity (Wildman–Crippen MR) is 58.9 cm³/mol. The number of rotatable bonds is 2. The molecule has 1 spiro atoms. The Morgan fingerprint density at radius 2 is 2.35 bits per heavy atom. The summed E-state index contributed by atoms with van der Waals surface area (Å²) in [4.78, 5) is 22.5. The molecule has 2 aliphatic carbocycles. The Bertz CT molecular complexity index is 389. The number of carbonyl (C=O) groups is 2. The van der Waals surface area contributed by atoms with Crippen LogP contribution < -0.4 is 0 Å². The largest absolute Gasteiger partial charge is 0.465 e. The van der Waals surface area contributed by atoms with E-state index in [-0.39, 0.29) is 23.5 Å². The molecule has 17 heavy (non-hydrogen) atoms. The first-order valence-electron chi connectivity index (χ1n) is 6.12. The summed E-state index contributed by atoms with van der Waals surface area (Å²) in [6.07, 6.45) is 4.68. The minimum atomic E-state index is -0.338. The summed E-state index contributed by atoms with van der Waals surface area (Å²) in [6, 6.07) is 0. The molecule has 0 aromatic heterocycles. The zero-order valence-corrected chi connectivity index (χ0v) is 9.69. The van der Waals surface area contributed by atoms with Crippen molar-refractivity contribution < 1.29 is 19.1 Å². The van der Waals surface area contributed by atoms with Crippen LogP contribution in [-0.2, 0) is 19.1 Å². The lowest BCUT2D eigenvalue weighted by atomic mass is 9.72. The van der Waals surface area contributed by atoms with E-state index in [0.29, 0.717) is 24.9 Å². The molecule has 3 rings (SSSR count). The van der Waals surface area contributed by atoms with Crippen molar-refractivity contribution >= 4 is 11.9 Å². The number of esters is 2. The van der Waals surface area contributed by atoms with Gasteiger partial charge in [-0.1, -0.05) is 6.58 Å². The smallest absolute Gasteiger partial charge is 0.330 e. The Balaban J connectivity index is 1.68. The van der Waals surface area contributed by atoms with Crippen LogP contribution in [0.5, 0.6) is 0 Å². The highest BCUT2D eigenvalue weighted by Crippen LogP contribution is 2.60. The molecule has 4 atom stereocenters. The highest BCUT2D eigenvalue weighted by Gasteiger charge is 2.59. The van der Waals surface area contributed by atoms with Crippen LogP contribution in [0.4, 0.5) is 0 Å². The maximum Gasteiger partial charge on any atom is 0.330 e. The molecule has 4 heteroatoms. The Morgan fingerprint density at radius 1 is 1.53 bits per heavy atom. The summed E-state index contributed by atoms with van der Waals surface area (Å²) in [5, 5.41) is 0. The van der Waals surface area contributed by atoms with Gasteiger partial charge in [-0.2, -0.15) is 0 Å². The van der Waals surface area contributed by atoms with Gasteiger partial charge in [0.1, 0.15) is 6.10 Å². The van der Waals surface area contributed by atoms with E-state index in [0.717, 1.165) is 19.3 Å². The monoisotopic (exact) mass is 236 g/mol. The van der Waals surface area contributed by atoms with Gasteiger partial charge in [0.05, 0.1) is 13.0 Å². The van der Waals surface area contributed by atoms with Crippen molar-refractivity contribution in [2.45, 2.75) is 31.8 Å². The second-order valence-electron chi connectivity index (χ2n) is 5.51. The fourth-order valence-electron chi connectivity index (χ4n) is 3.84. The Hall–Kier alpha value is -1.32. The summed E-state index contributed by atoms with van der Waals surface area (Å²) >= 11 is 0. The molecule has 0 amide bonds. The van der Waals surface area contributed by atoms with Crippen LogP contribution in [0.25, 0.3) is 0 Å². The van der Waals surface area contributed by atoms with Gasteiger partial charge in [-0.25, -0.2) is 4.79 Å². The van der Waals surface area contributed by atoms with Gasteiger partial charge < -0.3 is 9.47 Å². The van der Waals surface area contributed by atoms with Crippen LogP contribution in [0, 0.1) is 17.3 Å². The van der Waals surface area contributed by atoms with Gasteiger partial charge in [-0.3, -0.25) is 4.79 Å². The van der Waals surface area contributed by atoms with Gasteiger partial charge in [0.2, 0.25) is 0 Å². The quantitative estimate of drug-likeness (QED) is 0.538. The molecule has 4 unspecified atom stereocenters. The summed E-state index contributed by atoms with van der Waals surface area (Å²) in [5.74, 6) is 0.465. The maximum atomic E-state index is 11.3. The van der Waals surface area contributed by atoms with Crippen LogP contribution in [0.15, 0.2) is 12.7 Å². The molecule has 3 aliphatic rings. The molecule has 1 saturated heterocycles. The fraction of sp³-hybridized carbons (Fsp3) is 0.692. The number of carbonyl (C=O) groups excluding carboxylic acids is 2. The lowest BCUT2D eigenvalue weighted by Crippen LogP contribution is -2.35. The van der Waals surface area contributed by atoms with Gasteiger partial charge in [-0.15, -0.1) is 0 Å². The molecule has 0 aromatic carbocycles. The average molecular weight is 236 g/mol. The lowest BCUT2D eigenvalue weighted by molar-refractivity contribution is -0.146. The third-order valence-corrected chi connectivity index (χ3v) is 4.62. The van der Waals surface area contributed by atoms with E-state index < -0.39 is 0 Å². The van der Waals surface area contributed by atoms with Crippen molar-refractivity contribution in [1.82, 2.24) is 0 Å². The molecule has 2 saturated carbocycles. The molecule has 0 N–H and O–H groups in total. The number of hydrogen-bond donors (Lipinski definition) is 0. The molecule has 92 valence electrons. The van der Waals surface area contributed by atoms with Crippen molar-refractivity contribution in [1.29, 1.82) is 0 Å². The second-order valence-corrected chi connectivity index (χ2v) is 5.51. The zero-order chi connectivity index (χ0) is 12.0. The van der Waals surface area contributed by atoms with E-state index in [1.165, 1.54) is 6.08 Å². The molecule has 1 aliphatic heterocycles. The fourth-order valence-corrected chi connectivity index (χ4v) is 3.84. The topological polar surface area (TPSA) is 52.6 Å². The van der Waals surface area contributed by atoms with Crippen LogP contribution in [0.2, 0.25) is 0 Å². The average Bonchev–Trinajstić information content (AvgIpc) is 2.94. The Kier molecular flexibility index (Phi) is 2.28. The number of ether oxygens (including phenoxy) is 2. The maximum absolute atomic E-state index is 11.3. The molecular weight excluding hydrogens is 220 g/mol. The third kappa shape index (κ3) is 1.58. The van der Waals surface area contributed by atoms with Gasteiger partial charge >= 0.3 is 11.9 Å². The molecule has 4 nitrogen and oxygen atoms in total. The first-order chi connectivity index (χ1) is 8.13. The van der Waals surface area contributed by atoms with E-state index >= 15 is 0 Å². The zero-order valence-electron chi connectivity index (χ0n) is 9.69. The van der Waals surface area contributed by atoms with Crippen molar-refractivity contribution in [2.75, 3.05) is 6.61 Å². The van der Waals surface area contributed by atoms with Gasteiger partial charge in [0.25, 0.3) is 0 Å². The highest BCUT2D eigenvalue weighted by molar-refractivity contribution is 5.81. The van der Waals surface area contributed by atoms with Crippen LogP contribution in [-0.4, -0.2) is 24.6 Å². The van der Waals surface area contributed by atoms with Crippen LogP contribution in [0.3, 0.4) is 0 Å². The number of fused-ring (bicyclic) bond motifs is 3. The third-order valence-electron chi connectivity index (χ3n) is 4.62. The summed E-state index contributed by atoms with van der Waals surface area (Å²) in [7, 11) is 0. The summed E-state index contributed by atoms with van der Waals surface area (Å²) < 4.78 is 10.5. The second kappa shape index (κ2) is 3.59. The van der Waals surface area contributed by atoms with E-state index in [4.69, 9.17) is 9.47 Å². The molecule has 1 heterocycles. The van der Waals surface area contributed by atoms with E-state index in [2.05, 4.69) is 6.58 Å². The van der Waals surface area contributed by atoms with Gasteiger partial charge in [0, 0.05) is 11.5 Å². The van der Waals surface area contributed by atoms with E-state index in [1.807, 2.05) is 0 Å². The molecule has 2 bridgehead atoms. The summed E-state index contributed by atoms with van der Waals surface area (Å²) in [5.41, 5.74) is 0.0544. The minimum Gasteiger partial charge on any atom is -0.465 e. The van der Waals surface area contributed by atoms with Crippen LogP contribution in [0.1, 0.15) is 25.7 Å². The highest BCUT2D eigenvalue weighted by atomic mass is 16.5. The number of hydrogen-bond acceptors (Lipinski definition) is 4. The lowest BCUT2D eigenvalue weighted by Gasteiger charge is -2.34. The summed E-state index contributed by atoms with van der Waals surface area (Å²) in [6.45, 7) is 3.97. The first kappa shape index (κ1) is 10.8. The standard InChI is InChI=1S/C13H16O4/c1-2-11(14)17-10-4-9-3-8(10)5-13(9)6-12(15)16-7-13/h2,8-10H,1,3-7H2. The number of cyclic esters (lactones) is 1. The van der Waals surface area contributed by atoms with Crippen LogP contribution >= 0.6 is 0 Å². The molecule has 0 aromatic rings. The molecular formula is C13H16O4. The van der Waals surface area contributed by atoms with Crippen molar-refractivity contribution in [3.8, 4) is 0 Å². The van der Waals surface area contributed by atoms with Gasteiger partial charge in [-0.05, 0) is 31.1 Å². The first-order valence-corrected chi connectivity index (χ1v) is 6.12. The normalized spacial score (nSPS) is 42.8. The Morgan fingerprint density at radius 3 is 2.88 bits per heavy atom. The van der Waals surface area contributed by atoms with E-state index in [1.54, 1.807) is 0 Å². The SMILES string of the molecule is C=CC(=O)OC1CC2CC1CC21COC(=O)C1. The van der Waals surface area contributed by atoms with Crippen molar-refractivity contribution in [3.63, 3.8) is 0 Å².